The van der Waals surface area contributed by atoms with E-state index >= 15 is 0 Å². The fourth-order valence-electron chi connectivity index (χ4n) is 2.94. The van der Waals surface area contributed by atoms with Crippen LogP contribution in [0.5, 0.6) is 0 Å². The topological polar surface area (TPSA) is 48.0 Å². The van der Waals surface area contributed by atoms with Gasteiger partial charge in [0.25, 0.3) is 5.91 Å². The maximum Gasteiger partial charge on any atom is 0.265 e. The van der Waals surface area contributed by atoms with E-state index in [1.54, 1.807) is 30.7 Å². The highest BCUT2D eigenvalue weighted by molar-refractivity contribution is 6.05. The molecule has 2 N–H and O–H groups in total. The first-order valence-corrected chi connectivity index (χ1v) is 6.74. The van der Waals surface area contributed by atoms with Crippen molar-refractivity contribution in [2.75, 3.05) is 0 Å². The molecule has 3 aromatic rings. The Morgan fingerprint density at radius 2 is 1.73 bits per heavy atom. The van der Waals surface area contributed by atoms with Gasteiger partial charge >= 0.3 is 0 Å². The molecular weight excluding hydrogens is 286 g/mol. The highest BCUT2D eigenvalue weighted by Gasteiger charge is 2.20. The summed E-state index contributed by atoms with van der Waals surface area (Å²) >= 11 is 0. The minimum atomic E-state index is -0.568. The van der Waals surface area contributed by atoms with Crippen LogP contribution in [0.1, 0.15) is 16.1 Å². The Balaban J connectivity index is 2.42. The molecule has 1 amide bonds. The van der Waals surface area contributed by atoms with Crippen molar-refractivity contribution < 1.29 is 13.6 Å². The van der Waals surface area contributed by atoms with Crippen LogP contribution in [0.15, 0.2) is 36.4 Å². The number of rotatable bonds is 2. The van der Waals surface area contributed by atoms with Crippen LogP contribution in [0.4, 0.5) is 8.78 Å². The second-order valence-electron chi connectivity index (χ2n) is 5.25. The number of hydrogen-bond donors (Lipinski definition) is 1. The number of primary amides is 1. The first kappa shape index (κ1) is 14.3. The zero-order valence-electron chi connectivity index (χ0n) is 12.2. The molecule has 0 bridgehead atoms. The molecule has 0 aliphatic rings. The van der Waals surface area contributed by atoms with Crippen molar-refractivity contribution in [2.45, 2.75) is 6.92 Å². The summed E-state index contributed by atoms with van der Waals surface area (Å²) in [6.07, 6.45) is 0. The normalized spacial score (nSPS) is 11.1. The molecule has 0 saturated carbocycles. The summed E-state index contributed by atoms with van der Waals surface area (Å²) in [7, 11) is 1.71. The van der Waals surface area contributed by atoms with Crippen molar-refractivity contribution in [2.24, 2.45) is 12.8 Å². The number of aromatic nitrogens is 1. The smallest absolute Gasteiger partial charge is 0.265 e. The number of nitrogens with zero attached hydrogens (tertiary/aromatic N) is 1. The van der Waals surface area contributed by atoms with Crippen molar-refractivity contribution in [1.29, 1.82) is 0 Å². The van der Waals surface area contributed by atoms with Crippen molar-refractivity contribution in [3.05, 3.63) is 59.3 Å². The number of nitrogens with two attached hydrogens (primary N) is 1. The molecule has 22 heavy (non-hydrogen) atoms. The number of carbonyl (C=O) groups excluding carboxylic acids is 1. The quantitative estimate of drug-likeness (QED) is 0.773. The Morgan fingerprint density at radius 3 is 2.32 bits per heavy atom. The van der Waals surface area contributed by atoms with Crippen LogP contribution in [0.25, 0.3) is 22.0 Å². The summed E-state index contributed by atoms with van der Waals surface area (Å²) in [6, 6.07) is 8.54. The third-order valence-electron chi connectivity index (χ3n) is 3.89. The van der Waals surface area contributed by atoms with Crippen molar-refractivity contribution >= 4 is 16.8 Å². The lowest BCUT2D eigenvalue weighted by molar-refractivity contribution is 0.0992. The predicted molar refractivity (Wildman–Crippen MR) is 81.5 cm³/mol. The van der Waals surface area contributed by atoms with Crippen LogP contribution < -0.4 is 5.73 Å². The molecule has 0 aliphatic heterocycles. The van der Waals surface area contributed by atoms with Crippen LogP contribution in [-0.4, -0.2) is 10.5 Å². The average Bonchev–Trinajstić information content (AvgIpc) is 2.70. The van der Waals surface area contributed by atoms with E-state index < -0.39 is 11.7 Å². The van der Waals surface area contributed by atoms with Gasteiger partial charge in [0.05, 0.1) is 5.52 Å². The predicted octanol–water partition coefficient (Wildman–Crippen LogP) is 3.53. The van der Waals surface area contributed by atoms with Gasteiger partial charge in [-0.2, -0.15) is 0 Å². The SMILES string of the molecule is Cc1c(C(N)=O)n(C)c2c(-c3ccc(F)cc3)cc(F)cc12. The number of hydrogen-bond acceptors (Lipinski definition) is 1. The molecular formula is C17H14F2N2O. The van der Waals surface area contributed by atoms with Gasteiger partial charge in [0.2, 0.25) is 0 Å². The molecule has 3 rings (SSSR count). The van der Waals surface area contributed by atoms with Gasteiger partial charge in [-0.05, 0) is 42.3 Å². The molecule has 0 spiro atoms. The zero-order chi connectivity index (χ0) is 16.0. The van der Waals surface area contributed by atoms with Crippen molar-refractivity contribution in [1.82, 2.24) is 4.57 Å². The Bertz CT molecular complexity index is 895. The maximum atomic E-state index is 14.0. The Kier molecular flexibility index (Phi) is 3.20. The molecule has 0 fully saturated rings. The van der Waals surface area contributed by atoms with Gasteiger partial charge in [0.1, 0.15) is 17.3 Å². The summed E-state index contributed by atoms with van der Waals surface area (Å²) in [6.45, 7) is 1.73. The van der Waals surface area contributed by atoms with Crippen molar-refractivity contribution in [3.8, 4) is 11.1 Å². The molecule has 0 saturated heterocycles. The van der Waals surface area contributed by atoms with Gasteiger partial charge in [-0.15, -0.1) is 0 Å². The van der Waals surface area contributed by atoms with Crippen LogP contribution in [0.3, 0.4) is 0 Å². The standard InChI is InChI=1S/C17H14F2N2O/c1-9-13-7-12(19)8-14(10-3-5-11(18)6-4-10)16(13)21(2)15(9)17(20)22/h3-8H,1-2H3,(H2,20,22). The van der Waals surface area contributed by atoms with Gasteiger partial charge in [-0.25, -0.2) is 8.78 Å². The van der Waals surface area contributed by atoms with E-state index in [1.165, 1.54) is 24.3 Å². The highest BCUT2D eigenvalue weighted by atomic mass is 19.1. The number of amides is 1. The molecule has 112 valence electrons. The number of benzene rings is 2. The van der Waals surface area contributed by atoms with E-state index in [0.717, 1.165) is 0 Å². The minimum absolute atomic E-state index is 0.337. The third kappa shape index (κ3) is 2.06. The second kappa shape index (κ2) is 4.94. The van der Waals surface area contributed by atoms with Crippen LogP contribution in [-0.2, 0) is 7.05 Å². The van der Waals surface area contributed by atoms with E-state index in [0.29, 0.717) is 33.3 Å². The molecule has 2 aromatic carbocycles. The Labute approximate surface area is 126 Å². The summed E-state index contributed by atoms with van der Waals surface area (Å²) in [5.74, 6) is -1.35. The maximum absolute atomic E-state index is 14.0. The van der Waals surface area contributed by atoms with E-state index in [2.05, 4.69) is 0 Å². The molecule has 0 aliphatic carbocycles. The number of aryl methyl sites for hydroxylation is 2. The van der Waals surface area contributed by atoms with E-state index in [4.69, 9.17) is 5.73 Å². The summed E-state index contributed by atoms with van der Waals surface area (Å²) < 4.78 is 28.8. The fourth-order valence-corrected chi connectivity index (χ4v) is 2.94. The lowest BCUT2D eigenvalue weighted by atomic mass is 10.0. The first-order valence-electron chi connectivity index (χ1n) is 6.74. The summed E-state index contributed by atoms with van der Waals surface area (Å²) in [5, 5.41) is 0.621. The lowest BCUT2D eigenvalue weighted by Crippen LogP contribution is -2.16. The molecule has 3 nitrogen and oxygen atoms in total. The van der Waals surface area contributed by atoms with Crippen LogP contribution >= 0.6 is 0 Å². The van der Waals surface area contributed by atoms with Gasteiger partial charge in [0.15, 0.2) is 0 Å². The monoisotopic (exact) mass is 300 g/mol. The largest absolute Gasteiger partial charge is 0.364 e. The molecule has 5 heteroatoms. The average molecular weight is 300 g/mol. The van der Waals surface area contributed by atoms with Gasteiger partial charge < -0.3 is 10.3 Å². The van der Waals surface area contributed by atoms with E-state index in [9.17, 15) is 13.6 Å². The van der Waals surface area contributed by atoms with Crippen LogP contribution in [0, 0.1) is 18.6 Å². The highest BCUT2D eigenvalue weighted by Crippen LogP contribution is 2.34. The van der Waals surface area contributed by atoms with Gasteiger partial charge in [-0.1, -0.05) is 12.1 Å². The molecule has 0 radical (unpaired) electrons. The van der Waals surface area contributed by atoms with E-state index in [-0.39, 0.29) is 5.82 Å². The van der Waals surface area contributed by atoms with Crippen LogP contribution in [0.2, 0.25) is 0 Å². The molecule has 0 unspecified atom stereocenters. The first-order chi connectivity index (χ1) is 10.4. The zero-order valence-corrected chi connectivity index (χ0v) is 12.2. The minimum Gasteiger partial charge on any atom is -0.364 e. The molecule has 0 atom stereocenters. The third-order valence-corrected chi connectivity index (χ3v) is 3.89. The fraction of sp³-hybridized carbons (Fsp3) is 0.118. The summed E-state index contributed by atoms with van der Waals surface area (Å²) in [5.41, 5.74) is 8.35. The van der Waals surface area contributed by atoms with Crippen molar-refractivity contribution in [3.63, 3.8) is 0 Å². The number of halogens is 2. The second-order valence-corrected chi connectivity index (χ2v) is 5.25. The lowest BCUT2D eigenvalue weighted by Gasteiger charge is -2.08. The number of fused-ring (bicyclic) bond motifs is 1. The Hall–Kier alpha value is -2.69. The molecule has 1 aromatic heterocycles. The Morgan fingerprint density at radius 1 is 1.09 bits per heavy atom. The molecule has 1 heterocycles. The summed E-state index contributed by atoms with van der Waals surface area (Å²) in [4.78, 5) is 11.6. The van der Waals surface area contributed by atoms with Gasteiger partial charge in [-0.3, -0.25) is 4.79 Å². The van der Waals surface area contributed by atoms with Gasteiger partial charge in [0, 0.05) is 18.0 Å². The van der Waals surface area contributed by atoms with E-state index in [1.807, 2.05) is 0 Å². The number of carbonyl (C=O) groups is 1.